The Morgan fingerprint density at radius 2 is 1.72 bits per heavy atom. The van der Waals surface area contributed by atoms with E-state index >= 15 is 0 Å². The first-order valence-corrected chi connectivity index (χ1v) is 6.47. The van der Waals surface area contributed by atoms with E-state index in [2.05, 4.69) is 5.32 Å². The molecular formula is C13H26N2O3. The van der Waals surface area contributed by atoms with Gasteiger partial charge in [-0.3, -0.25) is 9.59 Å². The molecule has 1 unspecified atom stereocenters. The molecule has 0 rings (SSSR count). The number of carbonyl (C=O) groups excluding carboxylic acids is 2. The third-order valence-electron chi connectivity index (χ3n) is 2.40. The van der Waals surface area contributed by atoms with Crippen LogP contribution in [0.15, 0.2) is 0 Å². The minimum atomic E-state index is -0.515. The number of rotatable bonds is 7. The molecule has 0 heterocycles. The highest BCUT2D eigenvalue weighted by molar-refractivity contribution is 5.82. The molecule has 0 aromatic rings. The molecule has 0 aromatic heterocycles. The molecule has 5 heteroatoms. The summed E-state index contributed by atoms with van der Waals surface area (Å²) in [6, 6.07) is -0.515. The minimum absolute atomic E-state index is 0.140. The number of hydrogen-bond acceptors (Lipinski definition) is 4. The molecule has 5 nitrogen and oxygen atoms in total. The molecule has 2 atom stereocenters. The first-order valence-electron chi connectivity index (χ1n) is 6.47. The highest BCUT2D eigenvalue weighted by atomic mass is 16.5. The smallest absolute Gasteiger partial charge is 0.310 e. The Bertz CT molecular complexity index is 277. The van der Waals surface area contributed by atoms with Crippen molar-refractivity contribution in [3.63, 3.8) is 0 Å². The molecule has 0 aliphatic carbocycles. The lowest BCUT2D eigenvalue weighted by Crippen LogP contribution is -2.43. The number of esters is 1. The van der Waals surface area contributed by atoms with Gasteiger partial charge in [0.25, 0.3) is 0 Å². The van der Waals surface area contributed by atoms with Crippen LogP contribution < -0.4 is 11.1 Å². The first kappa shape index (κ1) is 16.9. The third kappa shape index (κ3) is 7.27. The Morgan fingerprint density at radius 1 is 1.17 bits per heavy atom. The van der Waals surface area contributed by atoms with E-state index in [0.717, 1.165) is 0 Å². The summed E-state index contributed by atoms with van der Waals surface area (Å²) >= 11 is 0. The van der Waals surface area contributed by atoms with Crippen molar-refractivity contribution in [3.05, 3.63) is 0 Å². The molecule has 0 saturated heterocycles. The van der Waals surface area contributed by atoms with Crippen LogP contribution >= 0.6 is 0 Å². The van der Waals surface area contributed by atoms with E-state index in [1.807, 2.05) is 13.8 Å². The van der Waals surface area contributed by atoms with Gasteiger partial charge in [-0.05, 0) is 26.2 Å². The Balaban J connectivity index is 4.01. The second-order valence-corrected chi connectivity index (χ2v) is 5.37. The van der Waals surface area contributed by atoms with Crippen LogP contribution in [-0.4, -0.2) is 30.6 Å². The van der Waals surface area contributed by atoms with Gasteiger partial charge in [0.15, 0.2) is 0 Å². The molecule has 0 spiro atoms. The van der Waals surface area contributed by atoms with Crippen molar-refractivity contribution < 1.29 is 14.3 Å². The summed E-state index contributed by atoms with van der Waals surface area (Å²) in [4.78, 5) is 23.1. The van der Waals surface area contributed by atoms with E-state index < -0.39 is 6.04 Å². The normalized spacial score (nSPS) is 14.4. The Hall–Kier alpha value is -1.10. The number of hydrogen-bond donors (Lipinski definition) is 2. The molecule has 106 valence electrons. The molecule has 18 heavy (non-hydrogen) atoms. The molecule has 0 bridgehead atoms. The maximum absolute atomic E-state index is 11.6. The minimum Gasteiger partial charge on any atom is -0.463 e. The molecular weight excluding hydrogens is 232 g/mol. The van der Waals surface area contributed by atoms with Crippen molar-refractivity contribution in [2.75, 3.05) is 6.54 Å². The van der Waals surface area contributed by atoms with Crippen LogP contribution in [0.3, 0.4) is 0 Å². The fraction of sp³-hybridized carbons (Fsp3) is 0.846. The second kappa shape index (κ2) is 8.08. The quantitative estimate of drug-likeness (QED) is 0.669. The van der Waals surface area contributed by atoms with Gasteiger partial charge < -0.3 is 15.8 Å². The van der Waals surface area contributed by atoms with Crippen LogP contribution in [-0.2, 0) is 14.3 Å². The average molecular weight is 258 g/mol. The number of carbonyl (C=O) groups is 2. The van der Waals surface area contributed by atoms with Gasteiger partial charge in [0.2, 0.25) is 5.91 Å². The summed E-state index contributed by atoms with van der Waals surface area (Å²) in [5, 5.41) is 2.68. The fourth-order valence-electron chi connectivity index (χ4n) is 1.43. The van der Waals surface area contributed by atoms with Crippen LogP contribution in [0.1, 0.15) is 41.0 Å². The number of nitrogens with one attached hydrogen (secondary N) is 1. The van der Waals surface area contributed by atoms with Gasteiger partial charge in [-0.1, -0.05) is 20.8 Å². The molecule has 1 amide bonds. The summed E-state index contributed by atoms with van der Waals surface area (Å²) in [7, 11) is 0. The van der Waals surface area contributed by atoms with E-state index in [1.54, 1.807) is 20.8 Å². The maximum Gasteiger partial charge on any atom is 0.310 e. The van der Waals surface area contributed by atoms with Crippen LogP contribution in [0.25, 0.3) is 0 Å². The van der Waals surface area contributed by atoms with E-state index in [-0.39, 0.29) is 30.4 Å². The van der Waals surface area contributed by atoms with Crippen molar-refractivity contribution in [2.45, 2.75) is 53.2 Å². The van der Waals surface area contributed by atoms with Gasteiger partial charge in [-0.2, -0.15) is 0 Å². The second-order valence-electron chi connectivity index (χ2n) is 5.37. The summed E-state index contributed by atoms with van der Waals surface area (Å²) in [5.74, 6) is -0.507. The number of amides is 1. The predicted octanol–water partition coefficient (Wildman–Crippen LogP) is 1.06. The van der Waals surface area contributed by atoms with Crippen molar-refractivity contribution in [2.24, 2.45) is 17.6 Å². The maximum atomic E-state index is 11.6. The molecule has 0 aliphatic rings. The monoisotopic (exact) mass is 258 g/mol. The fourth-order valence-corrected chi connectivity index (χ4v) is 1.43. The van der Waals surface area contributed by atoms with Gasteiger partial charge in [0.1, 0.15) is 0 Å². The lowest BCUT2D eigenvalue weighted by molar-refractivity contribution is -0.151. The highest BCUT2D eigenvalue weighted by Crippen LogP contribution is 2.04. The third-order valence-corrected chi connectivity index (χ3v) is 2.40. The Labute approximate surface area is 109 Å². The van der Waals surface area contributed by atoms with Crippen LogP contribution in [0, 0.1) is 11.8 Å². The van der Waals surface area contributed by atoms with Gasteiger partial charge >= 0.3 is 5.97 Å². The Kier molecular flexibility index (Phi) is 7.59. The number of nitrogens with two attached hydrogens (primary N) is 1. The van der Waals surface area contributed by atoms with Gasteiger partial charge in [0, 0.05) is 6.54 Å². The predicted molar refractivity (Wildman–Crippen MR) is 70.8 cm³/mol. The summed E-state index contributed by atoms with van der Waals surface area (Å²) in [6.07, 6.45) is 0.496. The van der Waals surface area contributed by atoms with Crippen molar-refractivity contribution in [1.82, 2.24) is 5.32 Å². The van der Waals surface area contributed by atoms with E-state index in [1.165, 1.54) is 0 Å². The molecule has 0 aliphatic heterocycles. The summed E-state index contributed by atoms with van der Waals surface area (Å²) < 4.78 is 5.05. The van der Waals surface area contributed by atoms with Crippen molar-refractivity contribution in [1.29, 1.82) is 0 Å². The van der Waals surface area contributed by atoms with Gasteiger partial charge in [-0.15, -0.1) is 0 Å². The zero-order chi connectivity index (χ0) is 14.3. The van der Waals surface area contributed by atoms with E-state index in [9.17, 15) is 9.59 Å². The topological polar surface area (TPSA) is 81.4 Å². The van der Waals surface area contributed by atoms with Crippen LogP contribution in [0.4, 0.5) is 0 Å². The molecule has 0 fully saturated rings. The highest BCUT2D eigenvalue weighted by Gasteiger charge is 2.19. The zero-order valence-corrected chi connectivity index (χ0v) is 12.0. The summed E-state index contributed by atoms with van der Waals surface area (Å²) in [5.41, 5.74) is 5.73. The molecule has 0 radical (unpaired) electrons. The lowest BCUT2D eigenvalue weighted by atomic mass is 10.0. The van der Waals surface area contributed by atoms with Crippen LogP contribution in [0.5, 0.6) is 0 Å². The van der Waals surface area contributed by atoms with E-state index in [4.69, 9.17) is 10.5 Å². The van der Waals surface area contributed by atoms with E-state index in [0.29, 0.717) is 12.3 Å². The SMILES string of the molecule is CC(C)C[C@H](N)C(=O)NCC(C)C(=O)OC(C)C. The Morgan fingerprint density at radius 3 is 2.17 bits per heavy atom. The standard InChI is InChI=1S/C13H26N2O3/c1-8(2)6-11(14)12(16)15-7-10(5)13(17)18-9(3)4/h8-11H,6-7,14H2,1-5H3,(H,15,16)/t10?,11-/m0/s1. The van der Waals surface area contributed by atoms with Crippen molar-refractivity contribution in [3.8, 4) is 0 Å². The van der Waals surface area contributed by atoms with Gasteiger partial charge in [0.05, 0.1) is 18.1 Å². The van der Waals surface area contributed by atoms with Crippen molar-refractivity contribution >= 4 is 11.9 Å². The zero-order valence-electron chi connectivity index (χ0n) is 12.0. The molecule has 0 saturated carbocycles. The first-order chi connectivity index (χ1) is 8.23. The van der Waals surface area contributed by atoms with Crippen LogP contribution in [0.2, 0.25) is 0 Å². The molecule has 3 N–H and O–H groups in total. The molecule has 0 aromatic carbocycles. The van der Waals surface area contributed by atoms with Gasteiger partial charge in [-0.25, -0.2) is 0 Å². The average Bonchev–Trinajstić information content (AvgIpc) is 2.23. The largest absolute Gasteiger partial charge is 0.463 e. The lowest BCUT2D eigenvalue weighted by Gasteiger charge is -2.17. The number of ether oxygens (including phenoxy) is 1. The summed E-state index contributed by atoms with van der Waals surface area (Å²) in [6.45, 7) is 9.59.